The molecule has 3 aliphatic heterocycles. The lowest BCUT2D eigenvalue weighted by Gasteiger charge is -2.35. The Morgan fingerprint density at radius 3 is 2.87 bits per heavy atom. The van der Waals surface area contributed by atoms with Crippen LogP contribution in [0.3, 0.4) is 0 Å². The number of hydrogen-bond donors (Lipinski definition) is 2. The number of urea groups is 1. The molecule has 2 N–H and O–H groups in total. The number of aryl methyl sites for hydroxylation is 1. The topological polar surface area (TPSA) is 77.8 Å². The maximum absolute atomic E-state index is 14.4. The Labute approximate surface area is 179 Å². The molecule has 0 aliphatic carbocycles. The molecule has 2 unspecified atom stereocenters. The SMILES string of the molecule is Cc1cn2cc(NC(=O)N3CCc4c(N5CC6CCC(C5)N6)ccnc43)cc(F)c2n1. The molecule has 8 nitrogen and oxygen atoms in total. The number of anilines is 3. The van der Waals surface area contributed by atoms with Crippen molar-refractivity contribution in [2.75, 3.05) is 34.8 Å². The first kappa shape index (κ1) is 18.6. The fourth-order valence-corrected chi connectivity index (χ4v) is 5.20. The van der Waals surface area contributed by atoms with Crippen molar-refractivity contribution in [1.82, 2.24) is 19.7 Å². The zero-order chi connectivity index (χ0) is 21.1. The molecule has 0 aromatic carbocycles. The number of rotatable bonds is 2. The number of nitrogens with one attached hydrogen (secondary N) is 2. The van der Waals surface area contributed by atoms with E-state index in [2.05, 4.69) is 31.6 Å². The predicted molar refractivity (Wildman–Crippen MR) is 116 cm³/mol. The maximum atomic E-state index is 14.4. The minimum atomic E-state index is -0.471. The number of carbonyl (C=O) groups is 1. The molecule has 3 aliphatic rings. The highest BCUT2D eigenvalue weighted by Crippen LogP contribution is 2.36. The van der Waals surface area contributed by atoms with Gasteiger partial charge < -0.3 is 19.9 Å². The predicted octanol–water partition coefficient (Wildman–Crippen LogP) is 2.71. The first-order valence-electron chi connectivity index (χ1n) is 10.8. The van der Waals surface area contributed by atoms with Crippen LogP contribution in [0.4, 0.5) is 26.4 Å². The summed E-state index contributed by atoms with van der Waals surface area (Å²) >= 11 is 0. The first-order valence-corrected chi connectivity index (χ1v) is 10.8. The number of nitrogens with zero attached hydrogens (tertiary/aromatic N) is 5. The summed E-state index contributed by atoms with van der Waals surface area (Å²) in [7, 11) is 0. The van der Waals surface area contributed by atoms with Crippen LogP contribution in [0.25, 0.3) is 5.65 Å². The van der Waals surface area contributed by atoms with Crippen molar-refractivity contribution in [1.29, 1.82) is 0 Å². The normalized spacial score (nSPS) is 22.3. The third-order valence-electron chi connectivity index (χ3n) is 6.53. The molecule has 31 heavy (non-hydrogen) atoms. The van der Waals surface area contributed by atoms with E-state index < -0.39 is 5.82 Å². The Kier molecular flexibility index (Phi) is 4.14. The third kappa shape index (κ3) is 3.11. The van der Waals surface area contributed by atoms with Crippen molar-refractivity contribution in [3.8, 4) is 0 Å². The van der Waals surface area contributed by atoms with Crippen LogP contribution in [-0.2, 0) is 6.42 Å². The number of amides is 2. The van der Waals surface area contributed by atoms with E-state index in [-0.39, 0.29) is 11.7 Å². The highest BCUT2D eigenvalue weighted by molar-refractivity contribution is 6.03. The van der Waals surface area contributed by atoms with Crippen molar-refractivity contribution in [2.24, 2.45) is 0 Å². The van der Waals surface area contributed by atoms with Crippen LogP contribution >= 0.6 is 0 Å². The number of imidazole rings is 1. The van der Waals surface area contributed by atoms with Crippen molar-refractivity contribution < 1.29 is 9.18 Å². The van der Waals surface area contributed by atoms with Crippen LogP contribution in [0.2, 0.25) is 0 Å². The van der Waals surface area contributed by atoms with Gasteiger partial charge in [0.1, 0.15) is 5.82 Å². The summed E-state index contributed by atoms with van der Waals surface area (Å²) in [6.45, 7) is 4.34. The van der Waals surface area contributed by atoms with Gasteiger partial charge in [0.05, 0.1) is 11.4 Å². The van der Waals surface area contributed by atoms with Crippen molar-refractivity contribution in [3.05, 3.63) is 47.8 Å². The van der Waals surface area contributed by atoms with E-state index >= 15 is 0 Å². The molecule has 0 saturated carbocycles. The van der Waals surface area contributed by atoms with Gasteiger partial charge in [-0.15, -0.1) is 0 Å². The molecule has 2 saturated heterocycles. The second-order valence-electron chi connectivity index (χ2n) is 8.70. The molecular weight excluding hydrogens is 397 g/mol. The fourth-order valence-electron chi connectivity index (χ4n) is 5.20. The van der Waals surface area contributed by atoms with Gasteiger partial charge in [0, 0.05) is 67.6 Å². The second kappa shape index (κ2) is 6.91. The Morgan fingerprint density at radius 1 is 1.26 bits per heavy atom. The summed E-state index contributed by atoms with van der Waals surface area (Å²) < 4.78 is 16.0. The molecule has 0 spiro atoms. The summed E-state index contributed by atoms with van der Waals surface area (Å²) in [5.74, 6) is 0.224. The van der Waals surface area contributed by atoms with Crippen LogP contribution < -0.4 is 20.4 Å². The van der Waals surface area contributed by atoms with Gasteiger partial charge in [0.25, 0.3) is 0 Å². The van der Waals surface area contributed by atoms with Crippen LogP contribution in [-0.4, -0.2) is 52.1 Å². The fraction of sp³-hybridized carbons (Fsp3) is 0.409. The number of aromatic nitrogens is 3. The first-order chi connectivity index (χ1) is 15.0. The van der Waals surface area contributed by atoms with E-state index in [9.17, 15) is 9.18 Å². The Morgan fingerprint density at radius 2 is 2.06 bits per heavy atom. The smallest absolute Gasteiger partial charge is 0.327 e. The molecule has 2 bridgehead atoms. The number of fused-ring (bicyclic) bond motifs is 4. The van der Waals surface area contributed by atoms with Crippen LogP contribution in [0.15, 0.2) is 30.7 Å². The van der Waals surface area contributed by atoms with E-state index in [1.165, 1.54) is 24.6 Å². The number of pyridine rings is 2. The standard InChI is InChI=1S/C22H24FN7O/c1-13-9-29-12-16(8-18(23)21(29)25-13)27-22(31)30-7-5-17-19(4-6-24-20(17)30)28-10-14-2-3-15(11-28)26-14/h4,6,8-9,12,14-15,26H,2-3,5,7,10-11H2,1H3,(H,27,31). The summed E-state index contributed by atoms with van der Waals surface area (Å²) in [4.78, 5) is 25.8. The zero-order valence-electron chi connectivity index (χ0n) is 17.3. The van der Waals surface area contributed by atoms with E-state index in [4.69, 9.17) is 0 Å². The molecule has 2 fully saturated rings. The third-order valence-corrected chi connectivity index (χ3v) is 6.53. The largest absolute Gasteiger partial charge is 0.368 e. The van der Waals surface area contributed by atoms with Crippen molar-refractivity contribution in [2.45, 2.75) is 38.3 Å². The Bertz CT molecular complexity index is 1180. The van der Waals surface area contributed by atoms with Gasteiger partial charge in [-0.2, -0.15) is 0 Å². The Balaban J connectivity index is 1.26. The molecule has 3 aromatic rings. The molecule has 3 aromatic heterocycles. The van der Waals surface area contributed by atoms with Gasteiger partial charge in [-0.1, -0.05) is 0 Å². The van der Waals surface area contributed by atoms with E-state index in [0.29, 0.717) is 35.8 Å². The average Bonchev–Trinajstić information content (AvgIpc) is 3.43. The summed E-state index contributed by atoms with van der Waals surface area (Å²) in [6.07, 6.45) is 8.39. The minimum Gasteiger partial charge on any atom is -0.368 e. The molecule has 9 heteroatoms. The molecular formula is C22H24FN7O. The second-order valence-corrected chi connectivity index (χ2v) is 8.70. The molecule has 6 heterocycles. The van der Waals surface area contributed by atoms with Gasteiger partial charge in [-0.3, -0.25) is 4.90 Å². The van der Waals surface area contributed by atoms with Crippen LogP contribution in [0.1, 0.15) is 24.1 Å². The highest BCUT2D eigenvalue weighted by atomic mass is 19.1. The van der Waals surface area contributed by atoms with Gasteiger partial charge in [0.15, 0.2) is 11.5 Å². The molecule has 160 valence electrons. The minimum absolute atomic E-state index is 0.248. The molecule has 2 amide bonds. The van der Waals surface area contributed by atoms with Gasteiger partial charge in [0.2, 0.25) is 0 Å². The summed E-state index contributed by atoms with van der Waals surface area (Å²) in [5.41, 5.74) is 3.65. The van der Waals surface area contributed by atoms with Crippen LogP contribution in [0, 0.1) is 12.7 Å². The highest BCUT2D eigenvalue weighted by Gasteiger charge is 2.35. The number of carbonyl (C=O) groups excluding carboxylic acids is 1. The lowest BCUT2D eigenvalue weighted by Crippen LogP contribution is -2.51. The zero-order valence-corrected chi connectivity index (χ0v) is 17.3. The van der Waals surface area contributed by atoms with Crippen molar-refractivity contribution >= 4 is 28.9 Å². The number of halogens is 1. The Hall–Kier alpha value is -3.20. The molecule has 2 atom stereocenters. The lowest BCUT2D eigenvalue weighted by atomic mass is 10.1. The molecule has 0 radical (unpaired) electrons. The summed E-state index contributed by atoms with van der Waals surface area (Å²) in [6, 6.07) is 4.14. The number of hydrogen-bond acceptors (Lipinski definition) is 5. The van der Waals surface area contributed by atoms with Crippen LogP contribution in [0.5, 0.6) is 0 Å². The number of piperazine rings is 1. The van der Waals surface area contributed by atoms with E-state index in [1.807, 2.05) is 0 Å². The molecule has 6 rings (SSSR count). The average molecular weight is 421 g/mol. The van der Waals surface area contributed by atoms with E-state index in [1.54, 1.807) is 34.8 Å². The van der Waals surface area contributed by atoms with E-state index in [0.717, 1.165) is 25.1 Å². The summed E-state index contributed by atoms with van der Waals surface area (Å²) in [5, 5.41) is 6.49. The van der Waals surface area contributed by atoms with Gasteiger partial charge in [-0.25, -0.2) is 19.2 Å². The van der Waals surface area contributed by atoms with Gasteiger partial charge in [-0.05, 0) is 32.3 Å². The maximum Gasteiger partial charge on any atom is 0.327 e. The quantitative estimate of drug-likeness (QED) is 0.665. The lowest BCUT2D eigenvalue weighted by molar-refractivity contribution is 0.257. The monoisotopic (exact) mass is 421 g/mol. The van der Waals surface area contributed by atoms with Crippen molar-refractivity contribution in [3.63, 3.8) is 0 Å². The van der Waals surface area contributed by atoms with Gasteiger partial charge >= 0.3 is 6.03 Å².